The van der Waals surface area contributed by atoms with E-state index in [0.29, 0.717) is 5.69 Å². The van der Waals surface area contributed by atoms with Crippen LogP contribution in [-0.2, 0) is 4.74 Å². The Hall–Kier alpha value is -2.70. The molecule has 7 heteroatoms. The summed E-state index contributed by atoms with van der Waals surface area (Å²) < 4.78 is 5.83. The van der Waals surface area contributed by atoms with Gasteiger partial charge < -0.3 is 4.74 Å². The predicted octanol–water partition coefficient (Wildman–Crippen LogP) is 1.74. The Morgan fingerprint density at radius 3 is 2.63 bits per heavy atom. The third kappa shape index (κ3) is 2.30. The molecule has 0 aliphatic rings. The highest BCUT2D eigenvalue weighted by molar-refractivity contribution is 5.92. The van der Waals surface area contributed by atoms with E-state index >= 15 is 0 Å². The van der Waals surface area contributed by atoms with Gasteiger partial charge in [0.15, 0.2) is 5.69 Å². The smallest absolute Gasteiger partial charge is 0.358 e. The third-order valence-corrected chi connectivity index (χ3v) is 2.45. The molecule has 0 atom stereocenters. The maximum absolute atomic E-state index is 12.0. The summed E-state index contributed by atoms with van der Waals surface area (Å²) in [6.45, 7) is 1.76. The fourth-order valence-electron chi connectivity index (χ4n) is 1.62. The maximum Gasteiger partial charge on any atom is 0.358 e. The summed E-state index contributed by atoms with van der Waals surface area (Å²) in [7, 11) is 0. The topological polar surface area (TPSA) is 93.5 Å². The van der Waals surface area contributed by atoms with E-state index in [9.17, 15) is 14.5 Å². The molecular formula is C12H11N3O4. The standard InChI is InChI=1S/C12H11N3O4/c1-2-19-12(17)10-9(14-18)11(16)15(13-10)8-6-4-3-5-7-8/h3-7,13H,2H2,1H3. The number of para-hydroxylation sites is 1. The van der Waals surface area contributed by atoms with Gasteiger partial charge in [0.25, 0.3) is 0 Å². The van der Waals surface area contributed by atoms with Gasteiger partial charge in [-0.2, -0.15) is 0 Å². The molecule has 1 aromatic carbocycles. The minimum absolute atomic E-state index is 0.135. The van der Waals surface area contributed by atoms with Crippen LogP contribution < -0.4 is 5.56 Å². The van der Waals surface area contributed by atoms with Crippen LogP contribution in [-0.4, -0.2) is 22.4 Å². The first-order chi connectivity index (χ1) is 9.19. The van der Waals surface area contributed by atoms with Crippen molar-refractivity contribution in [3.63, 3.8) is 0 Å². The maximum atomic E-state index is 12.0. The molecule has 0 spiro atoms. The number of aromatic amines is 1. The van der Waals surface area contributed by atoms with Crippen molar-refractivity contribution in [2.24, 2.45) is 5.18 Å². The first kappa shape index (κ1) is 12.7. The lowest BCUT2D eigenvalue weighted by atomic mass is 10.3. The van der Waals surface area contributed by atoms with Crippen LogP contribution in [0.2, 0.25) is 0 Å². The summed E-state index contributed by atoms with van der Waals surface area (Å²) in [6, 6.07) is 8.53. The van der Waals surface area contributed by atoms with Crippen LogP contribution in [0, 0.1) is 4.91 Å². The monoisotopic (exact) mass is 261 g/mol. The van der Waals surface area contributed by atoms with Gasteiger partial charge in [-0.25, -0.2) is 9.48 Å². The zero-order valence-electron chi connectivity index (χ0n) is 10.1. The van der Waals surface area contributed by atoms with Crippen LogP contribution in [0.1, 0.15) is 17.4 Å². The quantitative estimate of drug-likeness (QED) is 0.670. The van der Waals surface area contributed by atoms with E-state index in [2.05, 4.69) is 10.3 Å². The highest BCUT2D eigenvalue weighted by Gasteiger charge is 2.22. The van der Waals surface area contributed by atoms with Crippen molar-refractivity contribution in [2.45, 2.75) is 6.92 Å². The summed E-state index contributed by atoms with van der Waals surface area (Å²) in [5, 5.41) is 5.14. The van der Waals surface area contributed by atoms with Crippen molar-refractivity contribution >= 4 is 11.7 Å². The lowest BCUT2D eigenvalue weighted by Crippen LogP contribution is -2.13. The Balaban J connectivity index is 2.57. The summed E-state index contributed by atoms with van der Waals surface area (Å²) in [5.41, 5.74) is -0.926. The molecule has 1 N–H and O–H groups in total. The predicted molar refractivity (Wildman–Crippen MR) is 67.8 cm³/mol. The number of hydrogen-bond donors (Lipinski definition) is 1. The second kappa shape index (κ2) is 5.30. The van der Waals surface area contributed by atoms with Gasteiger partial charge in [0, 0.05) is 0 Å². The number of H-pyrrole nitrogens is 1. The molecule has 0 aliphatic carbocycles. The lowest BCUT2D eigenvalue weighted by Gasteiger charge is -2.01. The van der Waals surface area contributed by atoms with Crippen molar-refractivity contribution in [1.29, 1.82) is 0 Å². The normalized spacial score (nSPS) is 10.2. The molecule has 1 heterocycles. The third-order valence-electron chi connectivity index (χ3n) is 2.45. The first-order valence-electron chi connectivity index (χ1n) is 5.60. The lowest BCUT2D eigenvalue weighted by molar-refractivity contribution is 0.0520. The van der Waals surface area contributed by atoms with Gasteiger partial charge >= 0.3 is 11.5 Å². The molecule has 7 nitrogen and oxygen atoms in total. The number of rotatable bonds is 4. The molecule has 0 fully saturated rings. The van der Waals surface area contributed by atoms with Crippen molar-refractivity contribution in [3.05, 3.63) is 51.3 Å². The SMILES string of the molecule is CCOC(=O)c1[nH]n(-c2ccccc2)c(=O)c1N=O. The van der Waals surface area contributed by atoms with E-state index in [1.807, 2.05) is 0 Å². The van der Waals surface area contributed by atoms with E-state index in [-0.39, 0.29) is 12.3 Å². The molecule has 0 aliphatic heterocycles. The molecule has 2 aromatic rings. The average Bonchev–Trinajstić information content (AvgIpc) is 2.77. The van der Waals surface area contributed by atoms with Crippen molar-refractivity contribution in [2.75, 3.05) is 6.61 Å². The Bertz CT molecular complexity index is 657. The first-order valence-corrected chi connectivity index (χ1v) is 5.60. The van der Waals surface area contributed by atoms with Gasteiger partial charge in [-0.15, -0.1) is 4.91 Å². The van der Waals surface area contributed by atoms with Gasteiger partial charge in [0.2, 0.25) is 5.69 Å². The number of carbonyl (C=O) groups excluding carboxylic acids is 1. The number of esters is 1. The number of ether oxygens (including phenoxy) is 1. The number of nitrogens with zero attached hydrogens (tertiary/aromatic N) is 2. The second-order valence-corrected chi connectivity index (χ2v) is 3.62. The van der Waals surface area contributed by atoms with E-state index in [1.54, 1.807) is 37.3 Å². The molecule has 0 bridgehead atoms. The largest absolute Gasteiger partial charge is 0.461 e. The van der Waals surface area contributed by atoms with Crippen LogP contribution in [0.15, 0.2) is 40.3 Å². The molecule has 0 saturated carbocycles. The summed E-state index contributed by atoms with van der Waals surface area (Å²) in [6.07, 6.45) is 0. The molecule has 19 heavy (non-hydrogen) atoms. The van der Waals surface area contributed by atoms with Gasteiger partial charge in [-0.3, -0.25) is 9.89 Å². The molecule has 0 radical (unpaired) electrons. The fraction of sp³-hybridized carbons (Fsp3) is 0.167. The van der Waals surface area contributed by atoms with Crippen LogP contribution in [0.25, 0.3) is 5.69 Å². The summed E-state index contributed by atoms with van der Waals surface area (Å²) in [4.78, 5) is 34.3. The van der Waals surface area contributed by atoms with Gasteiger partial charge in [-0.1, -0.05) is 18.2 Å². The van der Waals surface area contributed by atoms with E-state index in [1.165, 1.54) is 0 Å². The second-order valence-electron chi connectivity index (χ2n) is 3.62. The Kier molecular flexibility index (Phi) is 3.56. The van der Waals surface area contributed by atoms with Crippen LogP contribution >= 0.6 is 0 Å². The Morgan fingerprint density at radius 2 is 2.05 bits per heavy atom. The summed E-state index contributed by atoms with van der Waals surface area (Å²) >= 11 is 0. The number of nitroso groups, excluding NO2 is 1. The minimum atomic E-state index is -0.788. The number of aromatic nitrogens is 2. The number of hydrogen-bond acceptors (Lipinski definition) is 5. The number of benzene rings is 1. The van der Waals surface area contributed by atoms with Gasteiger partial charge in [0.1, 0.15) is 0 Å². The molecule has 98 valence electrons. The van der Waals surface area contributed by atoms with E-state index in [4.69, 9.17) is 4.74 Å². The molecule has 0 saturated heterocycles. The van der Waals surface area contributed by atoms with Crippen LogP contribution in [0.4, 0.5) is 5.69 Å². The average molecular weight is 261 g/mol. The van der Waals surface area contributed by atoms with Gasteiger partial charge in [-0.05, 0) is 24.2 Å². The van der Waals surface area contributed by atoms with Crippen molar-refractivity contribution in [1.82, 2.24) is 9.78 Å². The van der Waals surface area contributed by atoms with E-state index in [0.717, 1.165) is 4.68 Å². The zero-order valence-corrected chi connectivity index (χ0v) is 10.1. The van der Waals surface area contributed by atoms with Crippen molar-refractivity contribution in [3.8, 4) is 5.69 Å². The number of nitrogens with one attached hydrogen (secondary N) is 1. The van der Waals surface area contributed by atoms with Crippen LogP contribution in [0.5, 0.6) is 0 Å². The Labute approximate surface area is 107 Å². The number of carbonyl (C=O) groups is 1. The molecular weight excluding hydrogens is 250 g/mol. The zero-order chi connectivity index (χ0) is 13.8. The van der Waals surface area contributed by atoms with Gasteiger partial charge in [0.05, 0.1) is 12.3 Å². The molecule has 0 amide bonds. The summed E-state index contributed by atoms with van der Waals surface area (Å²) in [5.74, 6) is -0.788. The van der Waals surface area contributed by atoms with Crippen molar-refractivity contribution < 1.29 is 9.53 Å². The molecule has 1 aromatic heterocycles. The molecule has 0 unspecified atom stereocenters. The highest BCUT2D eigenvalue weighted by atomic mass is 16.5. The Morgan fingerprint density at radius 1 is 1.37 bits per heavy atom. The highest BCUT2D eigenvalue weighted by Crippen LogP contribution is 2.15. The minimum Gasteiger partial charge on any atom is -0.461 e. The van der Waals surface area contributed by atoms with Crippen LogP contribution in [0.3, 0.4) is 0 Å². The van der Waals surface area contributed by atoms with E-state index < -0.39 is 17.2 Å². The molecule has 2 rings (SSSR count). The fourth-order valence-corrected chi connectivity index (χ4v) is 1.62.